The van der Waals surface area contributed by atoms with Crippen molar-refractivity contribution >= 4 is 11.6 Å². The van der Waals surface area contributed by atoms with Crippen LogP contribution < -0.4 is 9.80 Å². The molecule has 0 aromatic heterocycles. The molecule has 21 heavy (non-hydrogen) atoms. The molecular formula is C18H23ClN2+2. The maximum absolute atomic E-state index is 6.26. The summed E-state index contributed by atoms with van der Waals surface area (Å²) in [5.74, 6) is 0. The summed E-state index contributed by atoms with van der Waals surface area (Å²) < 4.78 is 0. The third-order valence-electron chi connectivity index (χ3n) is 4.36. The monoisotopic (exact) mass is 302 g/mol. The Morgan fingerprint density at radius 1 is 0.714 bits per heavy atom. The van der Waals surface area contributed by atoms with E-state index in [-0.39, 0.29) is 0 Å². The van der Waals surface area contributed by atoms with Crippen LogP contribution in [0, 0.1) is 0 Å². The Bertz CT molecular complexity index is 562. The van der Waals surface area contributed by atoms with Crippen LogP contribution >= 0.6 is 11.6 Å². The summed E-state index contributed by atoms with van der Waals surface area (Å²) >= 11 is 6.26. The van der Waals surface area contributed by atoms with E-state index in [1.54, 1.807) is 9.80 Å². The Morgan fingerprint density at radius 3 is 1.95 bits per heavy atom. The van der Waals surface area contributed by atoms with Crippen molar-refractivity contribution in [1.29, 1.82) is 0 Å². The van der Waals surface area contributed by atoms with Gasteiger partial charge in [-0.3, -0.25) is 0 Å². The highest BCUT2D eigenvalue weighted by Crippen LogP contribution is 2.13. The molecule has 3 rings (SSSR count). The second-order valence-electron chi connectivity index (χ2n) is 5.93. The first-order valence-corrected chi connectivity index (χ1v) is 8.13. The smallest absolute Gasteiger partial charge is 0.127 e. The summed E-state index contributed by atoms with van der Waals surface area (Å²) in [7, 11) is 0. The number of benzene rings is 2. The lowest BCUT2D eigenvalue weighted by molar-refractivity contribution is -1.02. The van der Waals surface area contributed by atoms with Gasteiger partial charge in [0.25, 0.3) is 0 Å². The summed E-state index contributed by atoms with van der Waals surface area (Å²) in [5, 5.41) is 0.907. The second-order valence-corrected chi connectivity index (χ2v) is 6.34. The summed E-state index contributed by atoms with van der Waals surface area (Å²) in [4.78, 5) is 3.35. The van der Waals surface area contributed by atoms with Gasteiger partial charge in [-0.25, -0.2) is 0 Å². The fourth-order valence-corrected chi connectivity index (χ4v) is 3.31. The van der Waals surface area contributed by atoms with Crippen molar-refractivity contribution in [1.82, 2.24) is 0 Å². The summed E-state index contributed by atoms with van der Waals surface area (Å²) in [6, 6.07) is 19.0. The average Bonchev–Trinajstić information content (AvgIpc) is 2.52. The third kappa shape index (κ3) is 4.07. The van der Waals surface area contributed by atoms with Crippen LogP contribution in [-0.2, 0) is 13.1 Å². The zero-order valence-corrected chi connectivity index (χ0v) is 13.1. The van der Waals surface area contributed by atoms with Crippen LogP contribution in [0.15, 0.2) is 54.6 Å². The van der Waals surface area contributed by atoms with Crippen LogP contribution in [0.4, 0.5) is 0 Å². The van der Waals surface area contributed by atoms with E-state index in [2.05, 4.69) is 42.5 Å². The van der Waals surface area contributed by atoms with Crippen LogP contribution in [0.2, 0.25) is 5.02 Å². The second kappa shape index (κ2) is 7.08. The van der Waals surface area contributed by atoms with Crippen molar-refractivity contribution in [3.63, 3.8) is 0 Å². The predicted molar refractivity (Wildman–Crippen MR) is 86.7 cm³/mol. The molecule has 2 aromatic carbocycles. The SMILES string of the molecule is Clc1ccccc1C[NH+]1CC[NH+](Cc2ccccc2)CC1. The molecule has 0 unspecified atom stereocenters. The van der Waals surface area contributed by atoms with E-state index in [4.69, 9.17) is 11.6 Å². The summed E-state index contributed by atoms with van der Waals surface area (Å²) in [6.45, 7) is 7.16. The lowest BCUT2D eigenvalue weighted by Gasteiger charge is -2.30. The van der Waals surface area contributed by atoms with Crippen LogP contribution in [0.5, 0.6) is 0 Å². The van der Waals surface area contributed by atoms with Gasteiger partial charge in [-0.05, 0) is 6.07 Å². The molecule has 110 valence electrons. The molecule has 0 radical (unpaired) electrons. The molecule has 1 aliphatic rings. The number of halogens is 1. The molecule has 2 nitrogen and oxygen atoms in total. The number of hydrogen-bond acceptors (Lipinski definition) is 0. The zero-order valence-electron chi connectivity index (χ0n) is 12.3. The normalized spacial score (nSPS) is 22.1. The molecule has 0 atom stereocenters. The Morgan fingerprint density at radius 2 is 1.29 bits per heavy atom. The third-order valence-corrected chi connectivity index (χ3v) is 4.73. The predicted octanol–water partition coefficient (Wildman–Crippen LogP) is 0.824. The van der Waals surface area contributed by atoms with E-state index >= 15 is 0 Å². The standard InChI is InChI=1S/C18H21ClN2/c19-18-9-5-4-8-17(18)15-21-12-10-20(11-13-21)14-16-6-2-1-3-7-16/h1-9H,10-15H2/p+2. The Hall–Kier alpha value is -1.35. The summed E-state index contributed by atoms with van der Waals surface area (Å²) in [6.07, 6.45) is 0. The molecule has 1 saturated heterocycles. The maximum atomic E-state index is 6.26. The molecule has 1 heterocycles. The minimum atomic E-state index is 0.907. The number of nitrogens with one attached hydrogen (secondary N) is 2. The maximum Gasteiger partial charge on any atom is 0.127 e. The van der Waals surface area contributed by atoms with E-state index in [0.717, 1.165) is 18.1 Å². The van der Waals surface area contributed by atoms with Gasteiger partial charge in [0.2, 0.25) is 0 Å². The van der Waals surface area contributed by atoms with Crippen molar-refractivity contribution in [3.8, 4) is 0 Å². The van der Waals surface area contributed by atoms with E-state index in [9.17, 15) is 0 Å². The molecule has 2 N–H and O–H groups in total. The van der Waals surface area contributed by atoms with E-state index in [1.807, 2.05) is 12.1 Å². The number of quaternary nitrogens is 2. The topological polar surface area (TPSA) is 8.88 Å². The minimum Gasteiger partial charge on any atom is -0.322 e. The fourth-order valence-electron chi connectivity index (χ4n) is 3.11. The molecule has 0 bridgehead atoms. The Balaban J connectivity index is 1.50. The largest absolute Gasteiger partial charge is 0.322 e. The van der Waals surface area contributed by atoms with Crippen molar-refractivity contribution in [3.05, 3.63) is 70.7 Å². The minimum absolute atomic E-state index is 0.907. The van der Waals surface area contributed by atoms with Gasteiger partial charge >= 0.3 is 0 Å². The Labute approximate surface area is 131 Å². The van der Waals surface area contributed by atoms with Gasteiger partial charge in [0, 0.05) is 16.1 Å². The highest BCUT2D eigenvalue weighted by Gasteiger charge is 2.23. The van der Waals surface area contributed by atoms with Crippen molar-refractivity contribution < 1.29 is 9.80 Å². The zero-order chi connectivity index (χ0) is 14.5. The lowest BCUT2D eigenvalue weighted by Crippen LogP contribution is -3.27. The van der Waals surface area contributed by atoms with E-state index < -0.39 is 0 Å². The number of piperazine rings is 1. The van der Waals surface area contributed by atoms with E-state index in [0.29, 0.717) is 0 Å². The van der Waals surface area contributed by atoms with Gasteiger partial charge in [0.05, 0.1) is 0 Å². The fraction of sp³-hybridized carbons (Fsp3) is 0.333. The molecule has 0 saturated carbocycles. The van der Waals surface area contributed by atoms with Crippen LogP contribution in [-0.4, -0.2) is 26.2 Å². The molecule has 0 amide bonds. The first-order valence-electron chi connectivity index (χ1n) is 7.76. The molecule has 0 spiro atoms. The molecular weight excluding hydrogens is 280 g/mol. The van der Waals surface area contributed by atoms with E-state index in [1.165, 1.54) is 37.3 Å². The van der Waals surface area contributed by atoms with Gasteiger partial charge in [-0.2, -0.15) is 0 Å². The van der Waals surface area contributed by atoms with Gasteiger partial charge in [-0.15, -0.1) is 0 Å². The highest BCUT2D eigenvalue weighted by molar-refractivity contribution is 6.31. The van der Waals surface area contributed by atoms with Crippen LogP contribution in [0.25, 0.3) is 0 Å². The molecule has 3 heteroatoms. The highest BCUT2D eigenvalue weighted by atomic mass is 35.5. The lowest BCUT2D eigenvalue weighted by atomic mass is 10.1. The quantitative estimate of drug-likeness (QED) is 0.828. The molecule has 0 aliphatic carbocycles. The van der Waals surface area contributed by atoms with Crippen LogP contribution in [0.3, 0.4) is 0 Å². The number of rotatable bonds is 4. The number of hydrogen-bond donors (Lipinski definition) is 2. The van der Waals surface area contributed by atoms with Crippen molar-refractivity contribution in [2.24, 2.45) is 0 Å². The summed E-state index contributed by atoms with van der Waals surface area (Å²) in [5.41, 5.74) is 2.72. The van der Waals surface area contributed by atoms with Crippen molar-refractivity contribution in [2.45, 2.75) is 13.1 Å². The van der Waals surface area contributed by atoms with Gasteiger partial charge < -0.3 is 9.80 Å². The van der Waals surface area contributed by atoms with Gasteiger partial charge in [-0.1, -0.05) is 60.1 Å². The molecule has 1 fully saturated rings. The van der Waals surface area contributed by atoms with Crippen LogP contribution in [0.1, 0.15) is 11.1 Å². The first kappa shape index (κ1) is 14.6. The van der Waals surface area contributed by atoms with Gasteiger partial charge in [0.1, 0.15) is 39.3 Å². The molecule has 2 aromatic rings. The average molecular weight is 303 g/mol. The Kier molecular flexibility index (Phi) is 4.91. The first-order chi connectivity index (χ1) is 10.3. The molecule has 1 aliphatic heterocycles. The van der Waals surface area contributed by atoms with Crippen molar-refractivity contribution in [2.75, 3.05) is 26.2 Å². The van der Waals surface area contributed by atoms with Gasteiger partial charge in [0.15, 0.2) is 0 Å².